The van der Waals surface area contributed by atoms with E-state index in [-0.39, 0.29) is 0 Å². The fourth-order valence-corrected chi connectivity index (χ4v) is 1.59. The summed E-state index contributed by atoms with van der Waals surface area (Å²) in [5.74, 6) is 1.02. The van der Waals surface area contributed by atoms with E-state index in [0.29, 0.717) is 0 Å². The van der Waals surface area contributed by atoms with Crippen LogP contribution in [0.5, 0.6) is 5.75 Å². The van der Waals surface area contributed by atoms with Crippen LogP contribution in [0.3, 0.4) is 0 Å². The number of thioether (sulfide) groups is 1. The second-order valence-electron chi connectivity index (χ2n) is 2.31. The van der Waals surface area contributed by atoms with Crippen LogP contribution in [0.1, 0.15) is 5.56 Å². The van der Waals surface area contributed by atoms with Gasteiger partial charge < -0.3 is 4.74 Å². The maximum atomic E-state index is 5.31. The summed E-state index contributed by atoms with van der Waals surface area (Å²) in [7, 11) is 0. The molecule has 1 aromatic carbocycles. The van der Waals surface area contributed by atoms with E-state index in [1.807, 2.05) is 0 Å². The first-order chi connectivity index (χ1) is 4.88. The summed E-state index contributed by atoms with van der Waals surface area (Å²) >= 11 is 1.76. The van der Waals surface area contributed by atoms with Gasteiger partial charge in [0.1, 0.15) is 12.4 Å². The highest BCUT2D eigenvalue weighted by Crippen LogP contribution is 2.28. The number of fused-ring (bicyclic) bond motifs is 2. The molecule has 1 nitrogen and oxygen atoms in total. The predicted octanol–water partition coefficient (Wildman–Crippen LogP) is 2.30. The molecule has 0 unspecified atom stereocenters. The van der Waals surface area contributed by atoms with Crippen molar-refractivity contribution in [3.63, 3.8) is 0 Å². The standard InChI is InChI=1S/C8H8OS/c1-10-8-3-6-2-7(4-8)9-5-6/h2-4H,5H2,1H3. The summed E-state index contributed by atoms with van der Waals surface area (Å²) in [5, 5.41) is 0. The van der Waals surface area contributed by atoms with Gasteiger partial charge in [-0.3, -0.25) is 0 Å². The molecular weight excluding hydrogens is 144 g/mol. The highest BCUT2D eigenvalue weighted by molar-refractivity contribution is 7.98. The zero-order valence-electron chi connectivity index (χ0n) is 5.76. The van der Waals surface area contributed by atoms with Gasteiger partial charge in [0, 0.05) is 4.90 Å². The van der Waals surface area contributed by atoms with E-state index in [2.05, 4.69) is 24.5 Å². The quantitative estimate of drug-likeness (QED) is 0.571. The van der Waals surface area contributed by atoms with Gasteiger partial charge in [-0.1, -0.05) is 0 Å². The topological polar surface area (TPSA) is 9.23 Å². The van der Waals surface area contributed by atoms with Crippen LogP contribution in [0, 0.1) is 0 Å². The van der Waals surface area contributed by atoms with Crippen molar-refractivity contribution in [2.24, 2.45) is 0 Å². The van der Waals surface area contributed by atoms with Gasteiger partial charge in [0.15, 0.2) is 0 Å². The molecule has 1 aliphatic rings. The van der Waals surface area contributed by atoms with Crippen LogP contribution in [-0.2, 0) is 6.61 Å². The highest BCUT2D eigenvalue weighted by Gasteiger charge is 2.08. The monoisotopic (exact) mass is 152 g/mol. The molecule has 0 atom stereocenters. The van der Waals surface area contributed by atoms with Crippen LogP contribution in [-0.4, -0.2) is 6.26 Å². The molecule has 0 aromatic heterocycles. The van der Waals surface area contributed by atoms with E-state index in [0.717, 1.165) is 12.4 Å². The maximum absolute atomic E-state index is 5.31. The summed E-state index contributed by atoms with van der Waals surface area (Å²) in [4.78, 5) is 1.30. The molecule has 1 aliphatic heterocycles. The predicted molar refractivity (Wildman–Crippen MR) is 42.6 cm³/mol. The minimum absolute atomic E-state index is 0.760. The van der Waals surface area contributed by atoms with Crippen molar-refractivity contribution in [3.8, 4) is 5.75 Å². The molecule has 2 heteroatoms. The summed E-state index contributed by atoms with van der Waals surface area (Å²) in [6.45, 7) is 0.760. The van der Waals surface area contributed by atoms with Gasteiger partial charge in [-0.15, -0.1) is 11.8 Å². The minimum atomic E-state index is 0.760. The Balaban J connectivity index is 2.48. The lowest BCUT2D eigenvalue weighted by atomic mass is 10.2. The molecule has 0 spiro atoms. The third-order valence-corrected chi connectivity index (χ3v) is 2.29. The third kappa shape index (κ3) is 0.886. The number of rotatable bonds is 1. The Bertz CT molecular complexity index is 235. The maximum Gasteiger partial charge on any atom is 0.121 e. The van der Waals surface area contributed by atoms with E-state index in [4.69, 9.17) is 4.74 Å². The first-order valence-corrected chi connectivity index (χ1v) is 4.42. The molecule has 0 saturated carbocycles. The lowest BCUT2D eigenvalue weighted by Crippen LogP contribution is -1.81. The Morgan fingerprint density at radius 3 is 3.00 bits per heavy atom. The largest absolute Gasteiger partial charge is 0.489 e. The van der Waals surface area contributed by atoms with Gasteiger partial charge in [0.2, 0.25) is 0 Å². The Labute approximate surface area is 64.4 Å². The Hall–Kier alpha value is -0.630. The lowest BCUT2D eigenvalue weighted by Gasteiger charge is -1.93. The normalized spacial score (nSPS) is 13.3. The van der Waals surface area contributed by atoms with E-state index in [1.54, 1.807) is 11.8 Å². The SMILES string of the molecule is CSc1cc2cc(c1)OC2. The number of hydrogen-bond acceptors (Lipinski definition) is 2. The van der Waals surface area contributed by atoms with E-state index in [1.165, 1.54) is 10.5 Å². The lowest BCUT2D eigenvalue weighted by molar-refractivity contribution is 0.327. The highest BCUT2D eigenvalue weighted by atomic mass is 32.2. The van der Waals surface area contributed by atoms with Gasteiger partial charge in [-0.05, 0) is 30.0 Å². The van der Waals surface area contributed by atoms with Crippen molar-refractivity contribution in [2.45, 2.75) is 11.5 Å². The molecule has 2 rings (SSSR count). The van der Waals surface area contributed by atoms with E-state index in [9.17, 15) is 0 Å². The van der Waals surface area contributed by atoms with Gasteiger partial charge in [-0.2, -0.15) is 0 Å². The molecule has 1 aromatic rings. The third-order valence-electron chi connectivity index (χ3n) is 1.58. The van der Waals surface area contributed by atoms with Crippen molar-refractivity contribution < 1.29 is 4.74 Å². The smallest absolute Gasteiger partial charge is 0.121 e. The molecule has 2 bridgehead atoms. The van der Waals surface area contributed by atoms with Gasteiger partial charge in [-0.25, -0.2) is 0 Å². The molecule has 0 fully saturated rings. The number of ether oxygens (including phenoxy) is 1. The molecular formula is C8H8OS. The Morgan fingerprint density at radius 2 is 2.30 bits per heavy atom. The molecule has 0 aliphatic carbocycles. The van der Waals surface area contributed by atoms with E-state index < -0.39 is 0 Å². The van der Waals surface area contributed by atoms with Crippen molar-refractivity contribution in [1.82, 2.24) is 0 Å². The zero-order valence-corrected chi connectivity index (χ0v) is 6.57. The number of hydrogen-bond donors (Lipinski definition) is 0. The average molecular weight is 152 g/mol. The minimum Gasteiger partial charge on any atom is -0.489 e. The summed E-state index contributed by atoms with van der Waals surface area (Å²) in [5.41, 5.74) is 1.29. The van der Waals surface area contributed by atoms with Crippen LogP contribution in [0.25, 0.3) is 0 Å². The fourth-order valence-electron chi connectivity index (χ4n) is 1.08. The Kier molecular flexibility index (Phi) is 1.34. The van der Waals surface area contributed by atoms with Crippen LogP contribution < -0.4 is 4.74 Å². The Morgan fingerprint density at radius 1 is 1.40 bits per heavy atom. The first-order valence-electron chi connectivity index (χ1n) is 3.19. The van der Waals surface area contributed by atoms with Crippen molar-refractivity contribution in [1.29, 1.82) is 0 Å². The average Bonchev–Trinajstić information content (AvgIpc) is 2.30. The molecule has 0 saturated heterocycles. The second-order valence-corrected chi connectivity index (χ2v) is 3.19. The molecule has 0 amide bonds. The van der Waals surface area contributed by atoms with E-state index >= 15 is 0 Å². The van der Waals surface area contributed by atoms with Gasteiger partial charge in [0.05, 0.1) is 0 Å². The zero-order chi connectivity index (χ0) is 6.97. The first kappa shape index (κ1) is 6.10. The number of benzene rings is 1. The van der Waals surface area contributed by atoms with Gasteiger partial charge >= 0.3 is 0 Å². The van der Waals surface area contributed by atoms with Crippen LogP contribution in [0.15, 0.2) is 23.1 Å². The summed E-state index contributed by atoms with van der Waals surface area (Å²) < 4.78 is 5.31. The summed E-state index contributed by atoms with van der Waals surface area (Å²) in [6, 6.07) is 6.32. The van der Waals surface area contributed by atoms with Crippen molar-refractivity contribution >= 4 is 11.8 Å². The molecule has 10 heavy (non-hydrogen) atoms. The van der Waals surface area contributed by atoms with Crippen molar-refractivity contribution in [2.75, 3.05) is 6.26 Å². The fraction of sp³-hybridized carbons (Fsp3) is 0.250. The molecule has 0 N–H and O–H groups in total. The van der Waals surface area contributed by atoms with Crippen LogP contribution >= 0.6 is 11.8 Å². The van der Waals surface area contributed by atoms with Crippen molar-refractivity contribution in [3.05, 3.63) is 23.8 Å². The second kappa shape index (κ2) is 2.20. The molecule has 0 radical (unpaired) electrons. The van der Waals surface area contributed by atoms with Crippen LogP contribution in [0.4, 0.5) is 0 Å². The molecule has 1 heterocycles. The molecule has 52 valence electrons. The van der Waals surface area contributed by atoms with Crippen LogP contribution in [0.2, 0.25) is 0 Å². The van der Waals surface area contributed by atoms with Gasteiger partial charge in [0.25, 0.3) is 0 Å². The summed E-state index contributed by atoms with van der Waals surface area (Å²) in [6.07, 6.45) is 2.08.